The summed E-state index contributed by atoms with van der Waals surface area (Å²) in [5, 5.41) is 9.75. The molecule has 0 bridgehead atoms. The van der Waals surface area contributed by atoms with Gasteiger partial charge in [0.25, 0.3) is 0 Å². The van der Waals surface area contributed by atoms with Crippen LogP contribution in [0.4, 0.5) is 0 Å². The van der Waals surface area contributed by atoms with Gasteiger partial charge in [0.1, 0.15) is 0 Å². The molecule has 0 spiro atoms. The lowest BCUT2D eigenvalue weighted by Crippen LogP contribution is -2.47. The molecule has 0 saturated carbocycles. The molecule has 132 valence electrons. The van der Waals surface area contributed by atoms with Crippen LogP contribution in [0.1, 0.15) is 38.2 Å². The Morgan fingerprint density at radius 2 is 1.83 bits per heavy atom. The second-order valence-electron chi connectivity index (χ2n) is 7.51. The fraction of sp³-hybridized carbons (Fsp3) is 0.650. The van der Waals surface area contributed by atoms with Crippen molar-refractivity contribution in [3.8, 4) is 0 Å². The standard InChI is InChI=1S/C20H30N2O2/c1-16-13-19(23)9-12-22(16)15-18-7-10-21(11-8-18)20(24)14-17-5-3-2-4-6-17/h2-6,16,18-19,23H,7-15H2,1H3. The quantitative estimate of drug-likeness (QED) is 0.921. The lowest BCUT2D eigenvalue weighted by atomic mass is 9.93. The molecule has 2 aliphatic rings. The van der Waals surface area contributed by atoms with Crippen LogP contribution in [0.2, 0.25) is 0 Å². The molecular weight excluding hydrogens is 300 g/mol. The van der Waals surface area contributed by atoms with Gasteiger partial charge in [0.2, 0.25) is 5.91 Å². The second kappa shape index (κ2) is 8.13. The number of piperidine rings is 2. The minimum absolute atomic E-state index is 0.117. The van der Waals surface area contributed by atoms with Crippen LogP contribution in [0.5, 0.6) is 0 Å². The smallest absolute Gasteiger partial charge is 0.226 e. The molecule has 2 saturated heterocycles. The Hall–Kier alpha value is -1.39. The zero-order valence-corrected chi connectivity index (χ0v) is 14.7. The maximum Gasteiger partial charge on any atom is 0.226 e. The van der Waals surface area contributed by atoms with E-state index < -0.39 is 0 Å². The van der Waals surface area contributed by atoms with Crippen molar-refractivity contribution in [3.05, 3.63) is 35.9 Å². The van der Waals surface area contributed by atoms with E-state index in [1.54, 1.807) is 0 Å². The number of likely N-dealkylation sites (tertiary alicyclic amines) is 2. The predicted octanol–water partition coefficient (Wildman–Crippen LogP) is 2.31. The van der Waals surface area contributed by atoms with Gasteiger partial charge in [0.15, 0.2) is 0 Å². The first-order valence-electron chi connectivity index (χ1n) is 9.35. The minimum Gasteiger partial charge on any atom is -0.393 e. The summed E-state index contributed by atoms with van der Waals surface area (Å²) >= 11 is 0. The molecule has 1 amide bonds. The van der Waals surface area contributed by atoms with E-state index in [2.05, 4.69) is 11.8 Å². The fourth-order valence-corrected chi connectivity index (χ4v) is 4.05. The van der Waals surface area contributed by atoms with Crippen molar-refractivity contribution < 1.29 is 9.90 Å². The van der Waals surface area contributed by atoms with Crippen molar-refractivity contribution in [2.24, 2.45) is 5.92 Å². The number of aliphatic hydroxyl groups excluding tert-OH is 1. The Bertz CT molecular complexity index is 526. The average Bonchev–Trinajstić information content (AvgIpc) is 2.59. The highest BCUT2D eigenvalue weighted by Crippen LogP contribution is 2.24. The van der Waals surface area contributed by atoms with Crippen molar-refractivity contribution in [2.45, 2.75) is 51.2 Å². The van der Waals surface area contributed by atoms with Gasteiger partial charge in [-0.1, -0.05) is 30.3 Å². The van der Waals surface area contributed by atoms with Gasteiger partial charge in [0.05, 0.1) is 12.5 Å². The van der Waals surface area contributed by atoms with Gasteiger partial charge >= 0.3 is 0 Å². The Morgan fingerprint density at radius 3 is 2.50 bits per heavy atom. The number of carbonyl (C=O) groups excluding carboxylic acids is 1. The summed E-state index contributed by atoms with van der Waals surface area (Å²) < 4.78 is 0. The highest BCUT2D eigenvalue weighted by molar-refractivity contribution is 5.78. The number of rotatable bonds is 4. The first-order chi connectivity index (χ1) is 11.6. The van der Waals surface area contributed by atoms with Crippen molar-refractivity contribution in [3.63, 3.8) is 0 Å². The third kappa shape index (κ3) is 4.58. The number of nitrogens with zero attached hydrogens (tertiary/aromatic N) is 2. The molecule has 2 atom stereocenters. The fourth-order valence-electron chi connectivity index (χ4n) is 4.05. The molecule has 2 unspecified atom stereocenters. The molecular formula is C20H30N2O2. The molecule has 24 heavy (non-hydrogen) atoms. The summed E-state index contributed by atoms with van der Waals surface area (Å²) in [7, 11) is 0. The molecule has 2 aliphatic heterocycles. The summed E-state index contributed by atoms with van der Waals surface area (Å²) in [5.41, 5.74) is 1.10. The predicted molar refractivity (Wildman–Crippen MR) is 95.7 cm³/mol. The Kier molecular flexibility index (Phi) is 5.90. The van der Waals surface area contributed by atoms with Crippen LogP contribution >= 0.6 is 0 Å². The van der Waals surface area contributed by atoms with Crippen molar-refractivity contribution in [2.75, 3.05) is 26.2 Å². The van der Waals surface area contributed by atoms with Crippen LogP contribution in [-0.4, -0.2) is 59.1 Å². The number of hydrogen-bond acceptors (Lipinski definition) is 3. The van der Waals surface area contributed by atoms with E-state index in [0.29, 0.717) is 18.4 Å². The zero-order chi connectivity index (χ0) is 16.9. The summed E-state index contributed by atoms with van der Waals surface area (Å²) in [4.78, 5) is 17.0. The normalized spacial score (nSPS) is 26.5. The first kappa shape index (κ1) is 17.4. The van der Waals surface area contributed by atoms with Crippen molar-refractivity contribution >= 4 is 5.91 Å². The topological polar surface area (TPSA) is 43.8 Å². The number of carbonyl (C=O) groups is 1. The average molecular weight is 330 g/mol. The van der Waals surface area contributed by atoms with Crippen molar-refractivity contribution in [1.29, 1.82) is 0 Å². The summed E-state index contributed by atoms with van der Waals surface area (Å²) in [6.45, 7) is 6.13. The van der Waals surface area contributed by atoms with Gasteiger partial charge in [0, 0.05) is 32.2 Å². The molecule has 0 aliphatic carbocycles. The van der Waals surface area contributed by atoms with Crippen LogP contribution in [0.25, 0.3) is 0 Å². The highest BCUT2D eigenvalue weighted by Gasteiger charge is 2.28. The number of hydrogen-bond donors (Lipinski definition) is 1. The first-order valence-corrected chi connectivity index (χ1v) is 9.35. The van der Waals surface area contributed by atoms with Crippen LogP contribution in [-0.2, 0) is 11.2 Å². The van der Waals surface area contributed by atoms with E-state index in [1.807, 2.05) is 35.2 Å². The summed E-state index contributed by atoms with van der Waals surface area (Å²) in [5.74, 6) is 0.942. The molecule has 1 aromatic rings. The minimum atomic E-state index is -0.117. The van der Waals surface area contributed by atoms with Gasteiger partial charge in [-0.25, -0.2) is 0 Å². The lowest BCUT2D eigenvalue weighted by Gasteiger charge is -2.40. The van der Waals surface area contributed by atoms with Gasteiger partial charge in [-0.05, 0) is 44.1 Å². The van der Waals surface area contributed by atoms with Crippen LogP contribution < -0.4 is 0 Å². The third-order valence-corrected chi connectivity index (χ3v) is 5.64. The maximum absolute atomic E-state index is 12.4. The number of aliphatic hydroxyl groups is 1. The van der Waals surface area contributed by atoms with E-state index >= 15 is 0 Å². The summed E-state index contributed by atoms with van der Waals surface area (Å²) in [6.07, 6.45) is 4.41. The van der Waals surface area contributed by atoms with Crippen LogP contribution in [0.15, 0.2) is 30.3 Å². The van der Waals surface area contributed by atoms with Crippen LogP contribution in [0.3, 0.4) is 0 Å². The molecule has 2 fully saturated rings. The van der Waals surface area contributed by atoms with E-state index in [-0.39, 0.29) is 12.0 Å². The zero-order valence-electron chi connectivity index (χ0n) is 14.7. The van der Waals surface area contributed by atoms with Crippen LogP contribution in [0, 0.1) is 5.92 Å². The Balaban J connectivity index is 1.43. The highest BCUT2D eigenvalue weighted by atomic mass is 16.3. The molecule has 0 radical (unpaired) electrons. The van der Waals surface area contributed by atoms with E-state index in [4.69, 9.17) is 0 Å². The Labute approximate surface area is 145 Å². The molecule has 0 aromatic heterocycles. The summed E-state index contributed by atoms with van der Waals surface area (Å²) in [6, 6.07) is 10.5. The second-order valence-corrected chi connectivity index (χ2v) is 7.51. The number of amides is 1. The Morgan fingerprint density at radius 1 is 1.12 bits per heavy atom. The number of benzene rings is 1. The maximum atomic E-state index is 12.4. The van der Waals surface area contributed by atoms with E-state index in [0.717, 1.165) is 57.4 Å². The molecule has 1 N–H and O–H groups in total. The molecule has 4 heteroatoms. The molecule has 2 heterocycles. The SMILES string of the molecule is CC1CC(O)CCN1CC1CCN(C(=O)Cc2ccccc2)CC1. The lowest BCUT2D eigenvalue weighted by molar-refractivity contribution is -0.132. The van der Waals surface area contributed by atoms with Gasteiger partial charge in [-0.15, -0.1) is 0 Å². The van der Waals surface area contributed by atoms with Gasteiger partial charge in [-0.2, -0.15) is 0 Å². The molecule has 4 nitrogen and oxygen atoms in total. The van der Waals surface area contributed by atoms with Gasteiger partial charge in [-0.3, -0.25) is 4.79 Å². The van der Waals surface area contributed by atoms with Crippen molar-refractivity contribution in [1.82, 2.24) is 9.80 Å². The molecule has 1 aromatic carbocycles. The van der Waals surface area contributed by atoms with Gasteiger partial charge < -0.3 is 14.9 Å². The third-order valence-electron chi connectivity index (χ3n) is 5.64. The molecule has 3 rings (SSSR count). The van der Waals surface area contributed by atoms with E-state index in [1.165, 1.54) is 0 Å². The largest absolute Gasteiger partial charge is 0.393 e. The monoisotopic (exact) mass is 330 g/mol. The van der Waals surface area contributed by atoms with E-state index in [9.17, 15) is 9.90 Å².